The Labute approximate surface area is 189 Å². The van der Waals surface area contributed by atoms with Crippen molar-refractivity contribution in [1.82, 2.24) is 33.7 Å². The maximum Gasteiger partial charge on any atom is 0.330 e. The van der Waals surface area contributed by atoms with Gasteiger partial charge in [-0.15, -0.1) is 0 Å². The fourth-order valence-corrected chi connectivity index (χ4v) is 7.35. The van der Waals surface area contributed by atoms with E-state index in [4.69, 9.17) is 10.7 Å². The monoisotopic (exact) mass is 445 g/mol. The minimum atomic E-state index is -0.253. The van der Waals surface area contributed by atoms with Gasteiger partial charge in [-0.25, -0.2) is 19.3 Å². The molecule has 4 bridgehead atoms. The van der Waals surface area contributed by atoms with Crippen LogP contribution in [0.25, 0.3) is 16.8 Å². The fourth-order valence-electron chi connectivity index (χ4n) is 7.35. The van der Waals surface area contributed by atoms with Crippen LogP contribution >= 0.6 is 0 Å². The van der Waals surface area contributed by atoms with Crippen LogP contribution in [0.3, 0.4) is 0 Å². The van der Waals surface area contributed by atoms with Crippen LogP contribution in [0.15, 0.2) is 29.6 Å². The van der Waals surface area contributed by atoms with E-state index in [-0.39, 0.29) is 16.8 Å². The summed E-state index contributed by atoms with van der Waals surface area (Å²) < 4.78 is 5.35. The van der Waals surface area contributed by atoms with Crippen molar-refractivity contribution < 1.29 is 0 Å². The van der Waals surface area contributed by atoms with Crippen molar-refractivity contribution in [3.63, 3.8) is 0 Å². The molecule has 3 N–H and O–H groups in total. The van der Waals surface area contributed by atoms with E-state index in [0.29, 0.717) is 23.4 Å². The lowest BCUT2D eigenvalue weighted by Crippen LogP contribution is -2.64. The van der Waals surface area contributed by atoms with Gasteiger partial charge in [0.05, 0.1) is 23.6 Å². The van der Waals surface area contributed by atoms with Crippen LogP contribution in [0.4, 0.5) is 11.6 Å². The van der Waals surface area contributed by atoms with Gasteiger partial charge in [-0.3, -0.25) is 9.13 Å². The molecule has 0 saturated heterocycles. The molecule has 10 nitrogen and oxygen atoms in total. The highest BCUT2D eigenvalue weighted by molar-refractivity contribution is 5.73. The highest BCUT2D eigenvalue weighted by Crippen LogP contribution is 2.59. The summed E-state index contributed by atoms with van der Waals surface area (Å²) in [4.78, 5) is 27.2. The van der Waals surface area contributed by atoms with Crippen LogP contribution in [0.1, 0.15) is 44.1 Å². The molecular weight excluding hydrogens is 418 g/mol. The topological polar surface area (TPSA) is 121 Å². The van der Waals surface area contributed by atoms with Gasteiger partial charge in [0.1, 0.15) is 11.8 Å². The summed E-state index contributed by atoms with van der Waals surface area (Å²) in [6, 6.07) is 1.96. The van der Waals surface area contributed by atoms with Crippen molar-refractivity contribution in [1.29, 1.82) is 0 Å². The molecule has 4 aliphatic carbocycles. The van der Waals surface area contributed by atoms with E-state index in [1.54, 1.807) is 22.3 Å². The Morgan fingerprint density at radius 3 is 2.73 bits per heavy atom. The molecule has 2 unspecified atom stereocenters. The van der Waals surface area contributed by atoms with E-state index in [1.807, 2.05) is 23.8 Å². The Morgan fingerprint density at radius 1 is 1.18 bits per heavy atom. The van der Waals surface area contributed by atoms with Gasteiger partial charge < -0.3 is 11.1 Å². The number of nitrogens with one attached hydrogen (secondary N) is 1. The molecule has 4 aromatic heterocycles. The van der Waals surface area contributed by atoms with Crippen molar-refractivity contribution in [3.05, 3.63) is 40.8 Å². The Bertz CT molecular complexity index is 1480. The zero-order valence-corrected chi connectivity index (χ0v) is 18.8. The largest absolute Gasteiger partial charge is 0.330 e. The number of nitrogens with two attached hydrogens (primary N) is 1. The Morgan fingerprint density at radius 2 is 1.97 bits per heavy atom. The van der Waals surface area contributed by atoms with E-state index >= 15 is 0 Å². The third-order valence-corrected chi connectivity index (χ3v) is 8.22. The van der Waals surface area contributed by atoms with Crippen molar-refractivity contribution in [2.24, 2.45) is 24.6 Å². The summed E-state index contributed by atoms with van der Waals surface area (Å²) in [5, 5.41) is 7.54. The number of rotatable bonds is 3. The quantitative estimate of drug-likeness (QED) is 0.496. The fraction of sp³-hybridized carbons (Fsp3) is 0.522. The van der Waals surface area contributed by atoms with Crippen molar-refractivity contribution in [2.75, 3.05) is 5.32 Å². The lowest BCUT2D eigenvalue weighted by Gasteiger charge is -2.61. The van der Waals surface area contributed by atoms with Gasteiger partial charge in [0, 0.05) is 12.6 Å². The number of aryl methyl sites for hydroxylation is 2. The summed E-state index contributed by atoms with van der Waals surface area (Å²) in [6.45, 7) is 2.00. The van der Waals surface area contributed by atoms with Crippen molar-refractivity contribution in [2.45, 2.75) is 56.5 Å². The molecule has 2 atom stereocenters. The van der Waals surface area contributed by atoms with Gasteiger partial charge >= 0.3 is 5.69 Å². The van der Waals surface area contributed by atoms with Gasteiger partial charge in [0.2, 0.25) is 5.95 Å². The Kier molecular flexibility index (Phi) is 3.61. The predicted molar refractivity (Wildman–Crippen MR) is 123 cm³/mol. The summed E-state index contributed by atoms with van der Waals surface area (Å²) in [6.07, 6.45) is 11.4. The molecule has 4 fully saturated rings. The average molecular weight is 446 g/mol. The maximum absolute atomic E-state index is 13.5. The number of pyridine rings is 1. The molecule has 0 radical (unpaired) electrons. The number of fused-ring (bicyclic) bond motifs is 2. The summed E-state index contributed by atoms with van der Waals surface area (Å²) in [5.74, 6) is 1.64. The molecule has 0 aliphatic heterocycles. The molecule has 170 valence electrons. The zero-order chi connectivity index (χ0) is 22.5. The maximum atomic E-state index is 13.5. The average Bonchev–Trinajstić information content (AvgIpc) is 3.28. The number of hydrogen-bond acceptors (Lipinski definition) is 7. The van der Waals surface area contributed by atoms with E-state index in [2.05, 4.69) is 20.4 Å². The highest BCUT2D eigenvalue weighted by Gasteiger charge is 2.58. The number of anilines is 2. The molecule has 8 rings (SSSR count). The first-order chi connectivity index (χ1) is 15.8. The van der Waals surface area contributed by atoms with E-state index in [1.165, 1.54) is 12.7 Å². The predicted octanol–water partition coefficient (Wildman–Crippen LogP) is 2.23. The molecular formula is C23H27N9O. The van der Waals surface area contributed by atoms with Gasteiger partial charge in [-0.05, 0) is 68.9 Å². The summed E-state index contributed by atoms with van der Waals surface area (Å²) in [7, 11) is 1.80. The van der Waals surface area contributed by atoms with E-state index < -0.39 is 0 Å². The van der Waals surface area contributed by atoms with Gasteiger partial charge in [0.15, 0.2) is 11.3 Å². The number of hydrogen-bond donors (Lipinski definition) is 2. The van der Waals surface area contributed by atoms with Crippen molar-refractivity contribution in [3.8, 4) is 0 Å². The Balaban J connectivity index is 1.36. The Hall–Kier alpha value is -3.27. The number of imidazole rings is 1. The second-order valence-electron chi connectivity index (χ2n) is 10.7. The number of nitrogens with zero attached hydrogens (tertiary/aromatic N) is 7. The van der Waals surface area contributed by atoms with Crippen LogP contribution in [-0.2, 0) is 12.6 Å². The first-order valence-corrected chi connectivity index (χ1v) is 11.6. The van der Waals surface area contributed by atoms with Gasteiger partial charge in [0.25, 0.3) is 0 Å². The molecule has 4 saturated carbocycles. The first-order valence-electron chi connectivity index (χ1n) is 11.6. The van der Waals surface area contributed by atoms with Crippen LogP contribution < -0.4 is 16.7 Å². The van der Waals surface area contributed by atoms with Crippen molar-refractivity contribution >= 4 is 28.4 Å². The normalized spacial score (nSPS) is 30.5. The minimum absolute atomic E-state index is 0.0257. The minimum Gasteiger partial charge on any atom is -0.325 e. The van der Waals surface area contributed by atoms with Gasteiger partial charge in [-0.1, -0.05) is 0 Å². The smallest absolute Gasteiger partial charge is 0.325 e. The molecule has 10 heteroatoms. The van der Waals surface area contributed by atoms with Crippen LogP contribution in [-0.4, -0.2) is 39.2 Å². The molecule has 4 aromatic rings. The van der Waals surface area contributed by atoms with Crippen LogP contribution in [0.5, 0.6) is 0 Å². The molecule has 0 aromatic carbocycles. The third kappa shape index (κ3) is 2.67. The van der Waals surface area contributed by atoms with Crippen LogP contribution in [0, 0.1) is 18.8 Å². The molecule has 4 heterocycles. The third-order valence-electron chi connectivity index (χ3n) is 8.22. The second-order valence-corrected chi connectivity index (χ2v) is 10.7. The molecule has 0 spiro atoms. The summed E-state index contributed by atoms with van der Waals surface area (Å²) in [5.41, 5.74) is 10.5. The first kappa shape index (κ1) is 19.2. The highest BCUT2D eigenvalue weighted by atomic mass is 16.2. The second kappa shape index (κ2) is 6.19. The van der Waals surface area contributed by atoms with Gasteiger partial charge in [-0.2, -0.15) is 10.1 Å². The SMILES string of the molecule is Cc1cc2ncnn2cc1Nc1ncc2c(n1)n(C13CC4CC(CC(N)(C4)C1)C3)c(=O)n2C. The molecule has 33 heavy (non-hydrogen) atoms. The van der Waals surface area contributed by atoms with E-state index in [9.17, 15) is 4.79 Å². The zero-order valence-electron chi connectivity index (χ0n) is 18.8. The van der Waals surface area contributed by atoms with E-state index in [0.717, 1.165) is 54.5 Å². The lowest BCUT2D eigenvalue weighted by molar-refractivity contribution is -0.0576. The molecule has 4 aliphatic rings. The summed E-state index contributed by atoms with van der Waals surface area (Å²) >= 11 is 0. The standard InChI is InChI=1S/C23H27N9O/c1-13-3-18-26-12-27-31(18)10-16(13)28-20-25-9-17-19(29-20)32(21(33)30(17)2)23-7-14-4-15(8-23)6-22(24,5-14)11-23/h3,9-10,12,14-15H,4-8,11,24H2,1-2H3,(H,25,28,29). The number of aromatic nitrogens is 7. The lowest BCUT2D eigenvalue weighted by atomic mass is 9.50. The van der Waals surface area contributed by atoms with Crippen LogP contribution in [0.2, 0.25) is 0 Å². The molecule has 0 amide bonds.